The maximum absolute atomic E-state index is 5.85. The average molecular weight is 345 g/mol. The molecule has 5 heteroatoms. The van der Waals surface area contributed by atoms with E-state index in [1.54, 1.807) is 19.2 Å². The summed E-state index contributed by atoms with van der Waals surface area (Å²) in [5, 5.41) is 0. The van der Waals surface area contributed by atoms with E-state index in [0.717, 1.165) is 11.3 Å². The van der Waals surface area contributed by atoms with Crippen molar-refractivity contribution in [2.45, 2.75) is 19.8 Å². The van der Waals surface area contributed by atoms with Crippen molar-refractivity contribution in [3.63, 3.8) is 0 Å². The SMILES string of the molecule is COc1cc(C(N)=S)ccc1OCCOc1ccccc1C(C)C. The molecule has 0 spiro atoms. The average Bonchev–Trinajstić information content (AvgIpc) is 2.58. The molecule has 0 aliphatic heterocycles. The number of ether oxygens (including phenoxy) is 3. The highest BCUT2D eigenvalue weighted by molar-refractivity contribution is 7.80. The molecular formula is C19H23NO3S. The van der Waals surface area contributed by atoms with Crippen molar-refractivity contribution >= 4 is 17.2 Å². The zero-order chi connectivity index (χ0) is 17.5. The van der Waals surface area contributed by atoms with Gasteiger partial charge in [0.15, 0.2) is 11.5 Å². The number of benzene rings is 2. The fourth-order valence-electron chi connectivity index (χ4n) is 2.33. The summed E-state index contributed by atoms with van der Waals surface area (Å²) in [6, 6.07) is 13.4. The summed E-state index contributed by atoms with van der Waals surface area (Å²) in [7, 11) is 1.58. The second kappa shape index (κ2) is 8.55. The van der Waals surface area contributed by atoms with Crippen LogP contribution in [0.5, 0.6) is 17.2 Å². The van der Waals surface area contributed by atoms with E-state index in [0.29, 0.717) is 35.6 Å². The fraction of sp³-hybridized carbons (Fsp3) is 0.316. The molecule has 2 aromatic carbocycles. The van der Waals surface area contributed by atoms with Gasteiger partial charge in [0.2, 0.25) is 0 Å². The molecule has 0 saturated carbocycles. The summed E-state index contributed by atoms with van der Waals surface area (Å²) in [6.07, 6.45) is 0. The van der Waals surface area contributed by atoms with Crippen molar-refractivity contribution in [2.24, 2.45) is 5.73 Å². The molecule has 0 bridgehead atoms. The van der Waals surface area contributed by atoms with Crippen molar-refractivity contribution in [2.75, 3.05) is 20.3 Å². The highest BCUT2D eigenvalue weighted by Gasteiger charge is 2.09. The Morgan fingerprint density at radius 3 is 2.29 bits per heavy atom. The molecule has 0 unspecified atom stereocenters. The number of rotatable bonds is 8. The highest BCUT2D eigenvalue weighted by Crippen LogP contribution is 2.28. The number of hydrogen-bond donors (Lipinski definition) is 1. The molecule has 24 heavy (non-hydrogen) atoms. The summed E-state index contributed by atoms with van der Waals surface area (Å²) < 4.78 is 16.9. The molecule has 2 rings (SSSR count). The molecule has 0 atom stereocenters. The molecule has 2 N–H and O–H groups in total. The van der Waals surface area contributed by atoms with Crippen LogP contribution in [0.2, 0.25) is 0 Å². The maximum atomic E-state index is 5.85. The molecule has 4 nitrogen and oxygen atoms in total. The zero-order valence-corrected chi connectivity index (χ0v) is 15.1. The predicted molar refractivity (Wildman–Crippen MR) is 100 cm³/mol. The molecule has 2 aromatic rings. The summed E-state index contributed by atoms with van der Waals surface area (Å²) in [5.41, 5.74) is 7.56. The molecule has 0 amide bonds. The number of para-hydroxylation sites is 1. The molecule has 0 aliphatic rings. The van der Waals surface area contributed by atoms with Crippen LogP contribution >= 0.6 is 12.2 Å². The van der Waals surface area contributed by atoms with Crippen molar-refractivity contribution < 1.29 is 14.2 Å². The third-order valence-corrected chi connectivity index (χ3v) is 3.82. The molecule has 0 saturated heterocycles. The van der Waals surface area contributed by atoms with E-state index < -0.39 is 0 Å². The van der Waals surface area contributed by atoms with Crippen LogP contribution in [-0.4, -0.2) is 25.3 Å². The van der Waals surface area contributed by atoms with E-state index in [1.165, 1.54) is 5.56 Å². The number of hydrogen-bond acceptors (Lipinski definition) is 4. The van der Waals surface area contributed by atoms with Gasteiger partial charge in [-0.15, -0.1) is 0 Å². The first kappa shape index (κ1) is 18.1. The third-order valence-electron chi connectivity index (χ3n) is 3.59. The lowest BCUT2D eigenvalue weighted by Crippen LogP contribution is -2.12. The van der Waals surface area contributed by atoms with Crippen molar-refractivity contribution in [3.8, 4) is 17.2 Å². The van der Waals surface area contributed by atoms with Gasteiger partial charge in [-0.3, -0.25) is 0 Å². The Bertz CT molecular complexity index is 701. The van der Waals surface area contributed by atoms with E-state index >= 15 is 0 Å². The first-order valence-electron chi connectivity index (χ1n) is 7.85. The van der Waals surface area contributed by atoms with Gasteiger partial charge in [0.1, 0.15) is 24.0 Å². The lowest BCUT2D eigenvalue weighted by molar-refractivity contribution is 0.210. The number of nitrogens with two attached hydrogens (primary N) is 1. The van der Waals surface area contributed by atoms with Gasteiger partial charge in [0.05, 0.1) is 7.11 Å². The van der Waals surface area contributed by atoms with Gasteiger partial charge >= 0.3 is 0 Å². The maximum Gasteiger partial charge on any atom is 0.161 e. The van der Waals surface area contributed by atoms with E-state index in [-0.39, 0.29) is 0 Å². The van der Waals surface area contributed by atoms with Gasteiger partial charge in [0.25, 0.3) is 0 Å². The molecule has 128 valence electrons. The summed E-state index contributed by atoms with van der Waals surface area (Å²) in [4.78, 5) is 0.327. The number of methoxy groups -OCH3 is 1. The second-order valence-corrected chi connectivity index (χ2v) is 6.06. The van der Waals surface area contributed by atoms with Crippen LogP contribution < -0.4 is 19.9 Å². The van der Waals surface area contributed by atoms with Gasteiger partial charge in [-0.25, -0.2) is 0 Å². The second-order valence-electron chi connectivity index (χ2n) is 5.62. The van der Waals surface area contributed by atoms with E-state index in [9.17, 15) is 0 Å². The van der Waals surface area contributed by atoms with Crippen molar-refractivity contribution in [3.05, 3.63) is 53.6 Å². The van der Waals surface area contributed by atoms with Crippen molar-refractivity contribution in [1.82, 2.24) is 0 Å². The van der Waals surface area contributed by atoms with Gasteiger partial charge in [0, 0.05) is 5.56 Å². The standard InChI is InChI=1S/C19H23NO3S/c1-13(2)15-6-4-5-7-16(15)22-10-11-23-17-9-8-14(19(20)24)12-18(17)21-3/h4-9,12-13H,10-11H2,1-3H3,(H2,20,24). The smallest absolute Gasteiger partial charge is 0.161 e. The van der Waals surface area contributed by atoms with Crippen LogP contribution in [0, 0.1) is 0 Å². The lowest BCUT2D eigenvalue weighted by Gasteiger charge is -2.15. The van der Waals surface area contributed by atoms with E-state index in [2.05, 4.69) is 19.9 Å². The highest BCUT2D eigenvalue weighted by atomic mass is 32.1. The van der Waals surface area contributed by atoms with Crippen molar-refractivity contribution in [1.29, 1.82) is 0 Å². The Morgan fingerprint density at radius 1 is 1.00 bits per heavy atom. The van der Waals surface area contributed by atoms with Crippen LogP contribution in [-0.2, 0) is 0 Å². The van der Waals surface area contributed by atoms with Gasteiger partial charge in [-0.1, -0.05) is 44.3 Å². The summed E-state index contributed by atoms with van der Waals surface area (Å²) in [5.74, 6) is 2.54. The third kappa shape index (κ3) is 4.61. The molecule has 0 fully saturated rings. The zero-order valence-electron chi connectivity index (χ0n) is 14.2. The largest absolute Gasteiger partial charge is 0.493 e. The molecular weight excluding hydrogens is 322 g/mol. The van der Waals surface area contributed by atoms with Gasteiger partial charge < -0.3 is 19.9 Å². The van der Waals surface area contributed by atoms with Crippen LogP contribution in [0.1, 0.15) is 30.9 Å². The Labute approximate surface area is 148 Å². The van der Waals surface area contributed by atoms with Gasteiger partial charge in [-0.05, 0) is 35.7 Å². The minimum atomic E-state index is 0.327. The quantitative estimate of drug-likeness (QED) is 0.581. The van der Waals surface area contributed by atoms with Crippen LogP contribution in [0.4, 0.5) is 0 Å². The van der Waals surface area contributed by atoms with Crippen LogP contribution in [0.15, 0.2) is 42.5 Å². The first-order chi connectivity index (χ1) is 11.5. The van der Waals surface area contributed by atoms with Gasteiger partial charge in [-0.2, -0.15) is 0 Å². The predicted octanol–water partition coefficient (Wildman–Crippen LogP) is 3.91. The van der Waals surface area contributed by atoms with E-state index in [4.69, 9.17) is 32.2 Å². The van der Waals surface area contributed by atoms with Crippen LogP contribution in [0.3, 0.4) is 0 Å². The minimum Gasteiger partial charge on any atom is -0.493 e. The molecule has 0 aliphatic carbocycles. The molecule has 0 radical (unpaired) electrons. The fourth-order valence-corrected chi connectivity index (χ4v) is 2.46. The number of thiocarbonyl (C=S) groups is 1. The first-order valence-corrected chi connectivity index (χ1v) is 8.26. The molecule has 0 aromatic heterocycles. The normalized spacial score (nSPS) is 10.5. The molecule has 0 heterocycles. The Morgan fingerprint density at radius 2 is 1.67 bits per heavy atom. The lowest BCUT2D eigenvalue weighted by atomic mass is 10.0. The van der Waals surface area contributed by atoms with E-state index in [1.807, 2.05) is 24.3 Å². The summed E-state index contributed by atoms with van der Waals surface area (Å²) >= 11 is 4.97. The minimum absolute atomic E-state index is 0.327. The Kier molecular flexibility index (Phi) is 6.44. The Hall–Kier alpha value is -2.27. The monoisotopic (exact) mass is 345 g/mol. The Balaban J connectivity index is 1.94. The summed E-state index contributed by atoms with van der Waals surface area (Å²) in [6.45, 7) is 5.15. The topological polar surface area (TPSA) is 53.7 Å². The van der Waals surface area contributed by atoms with Crippen LogP contribution in [0.25, 0.3) is 0 Å².